The van der Waals surface area contributed by atoms with Crippen LogP contribution >= 0.6 is 0 Å². The van der Waals surface area contributed by atoms with E-state index >= 15 is 0 Å². The molecule has 0 aliphatic carbocycles. The summed E-state index contributed by atoms with van der Waals surface area (Å²) >= 11 is 0. The van der Waals surface area contributed by atoms with Crippen molar-refractivity contribution in [3.8, 4) is 5.75 Å². The van der Waals surface area contributed by atoms with Crippen LogP contribution in [0.4, 0.5) is 0 Å². The summed E-state index contributed by atoms with van der Waals surface area (Å²) in [6, 6.07) is 9.60. The van der Waals surface area contributed by atoms with Crippen LogP contribution < -0.4 is 15.6 Å². The quantitative estimate of drug-likeness (QED) is 0.900. The van der Waals surface area contributed by atoms with Crippen molar-refractivity contribution in [1.82, 2.24) is 14.9 Å². The number of nitrogens with one attached hydrogen (secondary N) is 1. The molecule has 3 rings (SSSR count). The molecule has 5 nitrogen and oxygen atoms in total. The van der Waals surface area contributed by atoms with Crippen LogP contribution in [0, 0.1) is 0 Å². The molecule has 5 heteroatoms. The number of nitrogens with zero attached hydrogens (tertiary/aromatic N) is 2. The molecule has 104 valence electrons. The largest absolute Gasteiger partial charge is 0.492 e. The second-order valence-electron chi connectivity index (χ2n) is 4.76. The maximum Gasteiger partial charge on any atom is 0.256 e. The van der Waals surface area contributed by atoms with Gasteiger partial charge in [-0.15, -0.1) is 0 Å². The fourth-order valence-corrected chi connectivity index (χ4v) is 2.33. The van der Waals surface area contributed by atoms with E-state index in [1.54, 1.807) is 10.9 Å². The smallest absolute Gasteiger partial charge is 0.256 e. The minimum Gasteiger partial charge on any atom is -0.492 e. The molecule has 0 bridgehead atoms. The van der Waals surface area contributed by atoms with Gasteiger partial charge in [-0.2, -0.15) is 0 Å². The van der Waals surface area contributed by atoms with Gasteiger partial charge in [0.05, 0.1) is 18.6 Å². The summed E-state index contributed by atoms with van der Waals surface area (Å²) in [5, 5.41) is 3.22. The van der Waals surface area contributed by atoms with Crippen LogP contribution in [0.1, 0.15) is 11.3 Å². The van der Waals surface area contributed by atoms with Crippen molar-refractivity contribution in [3.05, 3.63) is 58.3 Å². The summed E-state index contributed by atoms with van der Waals surface area (Å²) < 4.78 is 7.24. The SMILES string of the molecule is O=c1c2c(ncn1CCOc1ccccc1)CNCC2. The van der Waals surface area contributed by atoms with Crippen molar-refractivity contribution >= 4 is 0 Å². The Balaban J connectivity index is 1.68. The highest BCUT2D eigenvalue weighted by molar-refractivity contribution is 5.21. The van der Waals surface area contributed by atoms with Crippen LogP contribution in [0.3, 0.4) is 0 Å². The Hall–Kier alpha value is -2.14. The predicted molar refractivity (Wildman–Crippen MR) is 75.8 cm³/mol. The first-order chi connectivity index (χ1) is 9.84. The molecule has 0 fully saturated rings. The van der Waals surface area contributed by atoms with E-state index in [-0.39, 0.29) is 5.56 Å². The highest BCUT2D eigenvalue weighted by Gasteiger charge is 2.14. The van der Waals surface area contributed by atoms with Gasteiger partial charge in [0.1, 0.15) is 12.4 Å². The summed E-state index contributed by atoms with van der Waals surface area (Å²) in [5.41, 5.74) is 1.78. The van der Waals surface area contributed by atoms with E-state index in [0.717, 1.165) is 30.0 Å². The average molecular weight is 271 g/mol. The summed E-state index contributed by atoms with van der Waals surface area (Å²) in [7, 11) is 0. The number of hydrogen-bond donors (Lipinski definition) is 1. The van der Waals surface area contributed by atoms with Crippen molar-refractivity contribution in [2.75, 3.05) is 13.2 Å². The third-order valence-corrected chi connectivity index (χ3v) is 3.41. The lowest BCUT2D eigenvalue weighted by atomic mass is 10.1. The molecule has 0 atom stereocenters. The van der Waals surface area contributed by atoms with E-state index in [2.05, 4.69) is 10.3 Å². The van der Waals surface area contributed by atoms with Crippen LogP contribution in [0.25, 0.3) is 0 Å². The highest BCUT2D eigenvalue weighted by atomic mass is 16.5. The molecular weight excluding hydrogens is 254 g/mol. The predicted octanol–water partition coefficient (Wildman–Crippen LogP) is 0.968. The van der Waals surface area contributed by atoms with Gasteiger partial charge in [0, 0.05) is 12.1 Å². The number of rotatable bonds is 4. The van der Waals surface area contributed by atoms with Gasteiger partial charge in [-0.25, -0.2) is 4.98 Å². The Morgan fingerprint density at radius 1 is 1.30 bits per heavy atom. The molecule has 2 aromatic rings. The number of aromatic nitrogens is 2. The Labute approximate surface area is 117 Å². The van der Waals surface area contributed by atoms with E-state index in [1.165, 1.54) is 0 Å². The van der Waals surface area contributed by atoms with Gasteiger partial charge in [0.25, 0.3) is 5.56 Å². The third-order valence-electron chi connectivity index (χ3n) is 3.41. The Kier molecular flexibility index (Phi) is 3.78. The zero-order valence-electron chi connectivity index (χ0n) is 11.2. The molecule has 1 aromatic carbocycles. The van der Waals surface area contributed by atoms with E-state index in [9.17, 15) is 4.79 Å². The van der Waals surface area contributed by atoms with Crippen LogP contribution in [0.5, 0.6) is 5.75 Å². The van der Waals surface area contributed by atoms with Crippen molar-refractivity contribution in [1.29, 1.82) is 0 Å². The first-order valence-electron chi connectivity index (χ1n) is 6.80. The minimum absolute atomic E-state index is 0.0631. The Morgan fingerprint density at radius 2 is 2.15 bits per heavy atom. The number of hydrogen-bond acceptors (Lipinski definition) is 4. The normalized spacial score (nSPS) is 13.8. The molecule has 0 saturated carbocycles. The number of fused-ring (bicyclic) bond motifs is 1. The zero-order chi connectivity index (χ0) is 13.8. The second kappa shape index (κ2) is 5.88. The van der Waals surface area contributed by atoms with Gasteiger partial charge < -0.3 is 10.1 Å². The van der Waals surface area contributed by atoms with Gasteiger partial charge in [-0.3, -0.25) is 9.36 Å². The van der Waals surface area contributed by atoms with Crippen LogP contribution in [0.15, 0.2) is 41.5 Å². The van der Waals surface area contributed by atoms with E-state index in [4.69, 9.17) is 4.74 Å². The molecule has 0 spiro atoms. The highest BCUT2D eigenvalue weighted by Crippen LogP contribution is 2.08. The first kappa shape index (κ1) is 12.9. The van der Waals surface area contributed by atoms with Gasteiger partial charge in [0.2, 0.25) is 0 Å². The molecule has 1 N–H and O–H groups in total. The zero-order valence-corrected chi connectivity index (χ0v) is 11.2. The summed E-state index contributed by atoms with van der Waals surface area (Å²) in [6.07, 6.45) is 2.37. The molecule has 1 aliphatic rings. The topological polar surface area (TPSA) is 56.2 Å². The molecule has 1 aromatic heterocycles. The van der Waals surface area contributed by atoms with E-state index in [1.807, 2.05) is 30.3 Å². The van der Waals surface area contributed by atoms with Crippen LogP contribution in [-0.4, -0.2) is 22.7 Å². The van der Waals surface area contributed by atoms with E-state index < -0.39 is 0 Å². The lowest BCUT2D eigenvalue weighted by molar-refractivity contribution is 0.295. The molecule has 1 aliphatic heterocycles. The van der Waals surface area contributed by atoms with Gasteiger partial charge in [-0.05, 0) is 25.1 Å². The molecule has 0 saturated heterocycles. The Bertz CT molecular complexity index is 637. The maximum atomic E-state index is 12.3. The lowest BCUT2D eigenvalue weighted by Crippen LogP contribution is -2.35. The minimum atomic E-state index is 0.0631. The summed E-state index contributed by atoms with van der Waals surface area (Å²) in [5.74, 6) is 0.815. The monoisotopic (exact) mass is 271 g/mol. The molecular formula is C15H17N3O2. The van der Waals surface area contributed by atoms with Gasteiger partial charge >= 0.3 is 0 Å². The number of benzene rings is 1. The summed E-state index contributed by atoms with van der Waals surface area (Å²) in [4.78, 5) is 16.6. The molecule has 0 radical (unpaired) electrons. The molecule has 0 amide bonds. The fraction of sp³-hybridized carbons (Fsp3) is 0.333. The first-order valence-corrected chi connectivity index (χ1v) is 6.80. The average Bonchev–Trinajstić information content (AvgIpc) is 2.51. The van der Waals surface area contributed by atoms with Crippen molar-refractivity contribution in [2.24, 2.45) is 0 Å². The number of para-hydroxylation sites is 1. The van der Waals surface area contributed by atoms with Crippen molar-refractivity contribution < 1.29 is 4.74 Å². The third kappa shape index (κ3) is 2.72. The van der Waals surface area contributed by atoms with E-state index in [0.29, 0.717) is 19.7 Å². The molecule has 0 unspecified atom stereocenters. The molecule has 2 heterocycles. The van der Waals surface area contributed by atoms with Crippen molar-refractivity contribution in [2.45, 2.75) is 19.5 Å². The van der Waals surface area contributed by atoms with Gasteiger partial charge in [0.15, 0.2) is 0 Å². The summed E-state index contributed by atoms with van der Waals surface area (Å²) in [6.45, 7) is 2.50. The standard InChI is InChI=1S/C15H17N3O2/c19-15-13-6-7-16-10-14(13)17-11-18(15)8-9-20-12-4-2-1-3-5-12/h1-5,11,16H,6-10H2. The molecule has 20 heavy (non-hydrogen) atoms. The number of ether oxygens (including phenoxy) is 1. The maximum absolute atomic E-state index is 12.3. The van der Waals surface area contributed by atoms with Gasteiger partial charge in [-0.1, -0.05) is 18.2 Å². The lowest BCUT2D eigenvalue weighted by Gasteiger charge is -2.16. The van der Waals surface area contributed by atoms with Crippen molar-refractivity contribution in [3.63, 3.8) is 0 Å². The Morgan fingerprint density at radius 3 is 3.00 bits per heavy atom. The van der Waals surface area contributed by atoms with Crippen LogP contribution in [-0.2, 0) is 19.5 Å². The van der Waals surface area contributed by atoms with Crippen LogP contribution in [0.2, 0.25) is 0 Å². The second-order valence-corrected chi connectivity index (χ2v) is 4.76. The fourth-order valence-electron chi connectivity index (χ4n) is 2.33.